The van der Waals surface area contributed by atoms with E-state index in [4.69, 9.17) is 16.1 Å². The molecule has 0 saturated heterocycles. The molecule has 3 aromatic rings. The molecule has 84 valence electrons. The second kappa shape index (κ2) is 4.23. The standard InChI is InChI=1S/C10H5ClN4OS/c11-7-3-1-2-6(4-7)9-12-10(16-14-9)8-5-17-15-13-8/h1-5H. The Morgan fingerprint density at radius 3 is 3.00 bits per heavy atom. The first kappa shape index (κ1) is 10.4. The van der Waals surface area contributed by atoms with Crippen LogP contribution in [-0.4, -0.2) is 19.7 Å². The fourth-order valence-electron chi connectivity index (χ4n) is 1.33. The zero-order valence-corrected chi connectivity index (χ0v) is 9.94. The third-order valence-corrected chi connectivity index (χ3v) is 2.83. The second-order valence-corrected chi connectivity index (χ2v) is 4.27. The van der Waals surface area contributed by atoms with Crippen molar-refractivity contribution in [3.63, 3.8) is 0 Å². The Morgan fingerprint density at radius 2 is 2.24 bits per heavy atom. The van der Waals surface area contributed by atoms with Crippen molar-refractivity contribution in [2.75, 3.05) is 0 Å². The molecule has 0 radical (unpaired) electrons. The van der Waals surface area contributed by atoms with Crippen molar-refractivity contribution in [1.82, 2.24) is 19.7 Å². The first-order chi connectivity index (χ1) is 8.33. The van der Waals surface area contributed by atoms with Gasteiger partial charge in [0, 0.05) is 16.0 Å². The summed E-state index contributed by atoms with van der Waals surface area (Å²) in [5, 5.41) is 10.1. The van der Waals surface area contributed by atoms with E-state index in [0.717, 1.165) is 5.56 Å². The Labute approximate surface area is 105 Å². The van der Waals surface area contributed by atoms with Gasteiger partial charge in [-0.25, -0.2) is 0 Å². The molecule has 0 aliphatic carbocycles. The SMILES string of the molecule is Clc1cccc(-c2noc(-c3csnn3)n2)c1. The van der Waals surface area contributed by atoms with Crippen LogP contribution in [0.3, 0.4) is 0 Å². The van der Waals surface area contributed by atoms with Gasteiger partial charge in [0.1, 0.15) is 0 Å². The van der Waals surface area contributed by atoms with Crippen molar-refractivity contribution in [3.05, 3.63) is 34.7 Å². The van der Waals surface area contributed by atoms with Gasteiger partial charge >= 0.3 is 0 Å². The molecule has 0 fully saturated rings. The Bertz CT molecular complexity index is 637. The normalized spacial score (nSPS) is 10.6. The molecule has 2 aromatic heterocycles. The zero-order chi connectivity index (χ0) is 11.7. The Balaban J connectivity index is 2.01. The van der Waals surface area contributed by atoms with Crippen LogP contribution in [0.25, 0.3) is 23.0 Å². The van der Waals surface area contributed by atoms with Gasteiger partial charge in [-0.1, -0.05) is 33.4 Å². The first-order valence-corrected chi connectivity index (χ1v) is 5.91. The van der Waals surface area contributed by atoms with Crippen molar-refractivity contribution < 1.29 is 4.52 Å². The summed E-state index contributed by atoms with van der Waals surface area (Å²) in [4.78, 5) is 4.23. The van der Waals surface area contributed by atoms with Gasteiger partial charge in [0.15, 0.2) is 5.69 Å². The summed E-state index contributed by atoms with van der Waals surface area (Å²) >= 11 is 7.13. The van der Waals surface area contributed by atoms with E-state index in [1.807, 2.05) is 12.1 Å². The molecule has 0 atom stereocenters. The lowest BCUT2D eigenvalue weighted by Gasteiger charge is -1.93. The van der Waals surface area contributed by atoms with Gasteiger partial charge in [-0.15, -0.1) is 5.10 Å². The predicted octanol–water partition coefficient (Wildman–Crippen LogP) is 2.91. The summed E-state index contributed by atoms with van der Waals surface area (Å²) in [6.07, 6.45) is 0. The summed E-state index contributed by atoms with van der Waals surface area (Å²) in [5.41, 5.74) is 1.38. The van der Waals surface area contributed by atoms with Crippen LogP contribution in [-0.2, 0) is 0 Å². The number of aromatic nitrogens is 4. The molecule has 0 bridgehead atoms. The highest BCUT2D eigenvalue weighted by Gasteiger charge is 2.12. The quantitative estimate of drug-likeness (QED) is 0.712. The Kier molecular flexibility index (Phi) is 2.58. The molecule has 0 aliphatic rings. The number of nitrogens with zero attached hydrogens (tertiary/aromatic N) is 4. The average Bonchev–Trinajstić information content (AvgIpc) is 3.00. The molecule has 0 unspecified atom stereocenters. The van der Waals surface area contributed by atoms with Crippen LogP contribution in [0.15, 0.2) is 34.2 Å². The van der Waals surface area contributed by atoms with Crippen molar-refractivity contribution in [2.24, 2.45) is 0 Å². The predicted molar refractivity (Wildman–Crippen MR) is 63.6 cm³/mol. The van der Waals surface area contributed by atoms with E-state index in [9.17, 15) is 0 Å². The molecule has 2 heterocycles. The van der Waals surface area contributed by atoms with E-state index in [0.29, 0.717) is 22.4 Å². The molecule has 17 heavy (non-hydrogen) atoms. The van der Waals surface area contributed by atoms with Gasteiger partial charge in [0.05, 0.1) is 0 Å². The topological polar surface area (TPSA) is 64.7 Å². The smallest absolute Gasteiger partial charge is 0.279 e. The molecular weight excluding hydrogens is 260 g/mol. The van der Waals surface area contributed by atoms with E-state index in [1.54, 1.807) is 17.5 Å². The van der Waals surface area contributed by atoms with Gasteiger partial charge in [-0.2, -0.15) is 4.98 Å². The van der Waals surface area contributed by atoms with Crippen LogP contribution in [0, 0.1) is 0 Å². The molecule has 0 spiro atoms. The van der Waals surface area contributed by atoms with E-state index in [-0.39, 0.29) is 0 Å². The zero-order valence-electron chi connectivity index (χ0n) is 8.37. The number of halogens is 1. The largest absolute Gasteiger partial charge is 0.332 e. The van der Waals surface area contributed by atoms with Gasteiger partial charge in [-0.05, 0) is 23.7 Å². The van der Waals surface area contributed by atoms with Crippen molar-refractivity contribution >= 4 is 23.1 Å². The maximum atomic E-state index is 5.89. The molecule has 0 amide bonds. The van der Waals surface area contributed by atoms with Gasteiger partial charge in [0.2, 0.25) is 5.82 Å². The lowest BCUT2D eigenvalue weighted by molar-refractivity contribution is 0.431. The summed E-state index contributed by atoms with van der Waals surface area (Å²) in [5.74, 6) is 0.837. The van der Waals surface area contributed by atoms with Crippen molar-refractivity contribution in [2.45, 2.75) is 0 Å². The molecule has 7 heteroatoms. The number of hydrogen-bond donors (Lipinski definition) is 0. The van der Waals surface area contributed by atoms with Gasteiger partial charge < -0.3 is 4.52 Å². The molecule has 0 saturated carbocycles. The van der Waals surface area contributed by atoms with Crippen molar-refractivity contribution in [1.29, 1.82) is 0 Å². The molecule has 1 aromatic carbocycles. The minimum Gasteiger partial charge on any atom is -0.332 e. The maximum Gasteiger partial charge on any atom is 0.279 e. The molecular formula is C10H5ClN4OS. The summed E-state index contributed by atoms with van der Waals surface area (Å²) < 4.78 is 8.84. The molecule has 3 rings (SSSR count). The molecule has 0 aliphatic heterocycles. The highest BCUT2D eigenvalue weighted by molar-refractivity contribution is 7.03. The van der Waals surface area contributed by atoms with Gasteiger partial charge in [-0.3, -0.25) is 0 Å². The van der Waals surface area contributed by atoms with Crippen LogP contribution in [0.2, 0.25) is 5.02 Å². The highest BCUT2D eigenvalue weighted by atomic mass is 35.5. The number of hydrogen-bond acceptors (Lipinski definition) is 6. The average molecular weight is 265 g/mol. The summed E-state index contributed by atoms with van der Waals surface area (Å²) in [6, 6.07) is 7.25. The van der Waals surface area contributed by atoms with Crippen LogP contribution < -0.4 is 0 Å². The Hall–Kier alpha value is -1.79. The molecule has 0 N–H and O–H groups in total. The van der Waals surface area contributed by atoms with Crippen molar-refractivity contribution in [3.8, 4) is 23.0 Å². The van der Waals surface area contributed by atoms with E-state index >= 15 is 0 Å². The Morgan fingerprint density at radius 1 is 1.29 bits per heavy atom. The third kappa shape index (κ3) is 2.04. The summed E-state index contributed by atoms with van der Waals surface area (Å²) in [7, 11) is 0. The number of rotatable bonds is 2. The highest BCUT2D eigenvalue weighted by Crippen LogP contribution is 2.23. The lowest BCUT2D eigenvalue weighted by atomic mass is 10.2. The van der Waals surface area contributed by atoms with Crippen LogP contribution >= 0.6 is 23.1 Å². The molecule has 5 nitrogen and oxygen atoms in total. The number of benzene rings is 1. The maximum absolute atomic E-state index is 5.89. The second-order valence-electron chi connectivity index (χ2n) is 3.22. The summed E-state index contributed by atoms with van der Waals surface area (Å²) in [6.45, 7) is 0. The van der Waals surface area contributed by atoms with Crippen LogP contribution in [0.4, 0.5) is 0 Å². The third-order valence-electron chi connectivity index (χ3n) is 2.09. The fraction of sp³-hybridized carbons (Fsp3) is 0. The fourth-order valence-corrected chi connectivity index (χ4v) is 1.95. The first-order valence-electron chi connectivity index (χ1n) is 4.70. The lowest BCUT2D eigenvalue weighted by Crippen LogP contribution is -1.81. The monoisotopic (exact) mass is 264 g/mol. The minimum absolute atomic E-state index is 0.355. The van der Waals surface area contributed by atoms with Crippen LogP contribution in [0.5, 0.6) is 0 Å². The van der Waals surface area contributed by atoms with E-state index in [2.05, 4.69) is 19.7 Å². The van der Waals surface area contributed by atoms with E-state index < -0.39 is 0 Å². The van der Waals surface area contributed by atoms with E-state index in [1.165, 1.54) is 11.5 Å². The minimum atomic E-state index is 0.355. The van der Waals surface area contributed by atoms with Crippen LogP contribution in [0.1, 0.15) is 0 Å². The van der Waals surface area contributed by atoms with Gasteiger partial charge in [0.25, 0.3) is 5.89 Å².